The monoisotopic (exact) mass is 485 g/mol. The molecule has 3 heterocycles. The molecule has 0 radical (unpaired) electrons. The zero-order valence-electron chi connectivity index (χ0n) is 19.8. The first kappa shape index (κ1) is 24.6. The maximum atomic E-state index is 13.5. The molecule has 2 aliphatic rings. The molecule has 0 bridgehead atoms. The van der Waals surface area contributed by atoms with Crippen LogP contribution in [0, 0.1) is 0 Å². The number of likely N-dealkylation sites (N-methyl/N-ethyl adjacent to an activating group) is 1. The second-order valence-electron chi connectivity index (χ2n) is 8.57. The van der Waals surface area contributed by atoms with Gasteiger partial charge in [0.1, 0.15) is 0 Å². The van der Waals surface area contributed by atoms with Crippen LogP contribution in [0.2, 0.25) is 5.02 Å². The Bertz CT molecular complexity index is 1030. The lowest BCUT2D eigenvalue weighted by molar-refractivity contribution is -0.118. The molecule has 9 heteroatoms. The van der Waals surface area contributed by atoms with Crippen LogP contribution in [0.25, 0.3) is 0 Å². The number of benzene rings is 1. The molecule has 1 unspecified atom stereocenters. The van der Waals surface area contributed by atoms with Crippen LogP contribution in [-0.4, -0.2) is 78.6 Å². The molecule has 1 saturated heterocycles. The van der Waals surface area contributed by atoms with Gasteiger partial charge in [0.15, 0.2) is 5.82 Å². The predicted octanol–water partition coefficient (Wildman–Crippen LogP) is 3.79. The van der Waals surface area contributed by atoms with Crippen LogP contribution in [0.4, 0.5) is 17.2 Å². The van der Waals surface area contributed by atoms with E-state index in [1.165, 1.54) is 4.90 Å². The maximum Gasteiger partial charge on any atom is 0.257 e. The highest BCUT2D eigenvalue weighted by Gasteiger charge is 2.31. The van der Waals surface area contributed by atoms with E-state index in [4.69, 9.17) is 16.3 Å². The van der Waals surface area contributed by atoms with Gasteiger partial charge in [-0.3, -0.25) is 19.4 Å². The quantitative estimate of drug-likeness (QED) is 0.613. The largest absolute Gasteiger partial charge is 0.378 e. The molecule has 0 aliphatic carbocycles. The summed E-state index contributed by atoms with van der Waals surface area (Å²) >= 11 is 6.25. The summed E-state index contributed by atoms with van der Waals surface area (Å²) < 4.78 is 5.73. The van der Waals surface area contributed by atoms with E-state index >= 15 is 0 Å². The number of pyridine rings is 1. The van der Waals surface area contributed by atoms with Crippen molar-refractivity contribution in [3.8, 4) is 0 Å². The van der Waals surface area contributed by atoms with Gasteiger partial charge >= 0.3 is 0 Å². The van der Waals surface area contributed by atoms with Crippen molar-refractivity contribution >= 4 is 40.6 Å². The lowest BCUT2D eigenvalue weighted by Gasteiger charge is -2.38. The highest BCUT2D eigenvalue weighted by molar-refractivity contribution is 6.31. The van der Waals surface area contributed by atoms with Gasteiger partial charge in [0, 0.05) is 36.8 Å². The molecule has 0 spiro atoms. The number of morpholine rings is 1. The smallest absolute Gasteiger partial charge is 0.257 e. The molecule has 1 aromatic heterocycles. The Kier molecular flexibility index (Phi) is 8.15. The first-order valence-corrected chi connectivity index (χ1v) is 12.3. The fourth-order valence-corrected chi connectivity index (χ4v) is 4.75. The van der Waals surface area contributed by atoms with Crippen LogP contribution in [0.15, 0.2) is 36.5 Å². The zero-order valence-corrected chi connectivity index (χ0v) is 20.6. The van der Waals surface area contributed by atoms with Gasteiger partial charge < -0.3 is 15.0 Å². The second-order valence-corrected chi connectivity index (χ2v) is 9.01. The number of nitrogens with zero attached hydrogens (tertiary/aromatic N) is 4. The number of nitrogens with one attached hydrogen (secondary N) is 1. The van der Waals surface area contributed by atoms with Gasteiger partial charge in [-0.25, -0.2) is 4.98 Å². The Morgan fingerprint density at radius 3 is 2.91 bits per heavy atom. The van der Waals surface area contributed by atoms with Crippen LogP contribution in [-0.2, 0) is 9.53 Å². The normalized spacial score (nSPS) is 18.3. The molecule has 8 nitrogen and oxygen atoms in total. The number of anilines is 3. The van der Waals surface area contributed by atoms with Gasteiger partial charge in [-0.15, -0.1) is 0 Å². The van der Waals surface area contributed by atoms with Crippen molar-refractivity contribution in [3.05, 3.63) is 47.1 Å². The van der Waals surface area contributed by atoms with Crippen molar-refractivity contribution in [2.24, 2.45) is 0 Å². The van der Waals surface area contributed by atoms with Crippen molar-refractivity contribution in [2.45, 2.75) is 32.7 Å². The van der Waals surface area contributed by atoms with Crippen LogP contribution in [0.3, 0.4) is 0 Å². The summed E-state index contributed by atoms with van der Waals surface area (Å²) in [5, 5.41) is 3.32. The molecule has 1 N–H and O–H groups in total. The number of hydrogen-bond donors (Lipinski definition) is 1. The predicted molar refractivity (Wildman–Crippen MR) is 134 cm³/mol. The minimum atomic E-state index is -0.288. The zero-order chi connectivity index (χ0) is 24.1. The maximum absolute atomic E-state index is 13.5. The number of carbonyl (C=O) groups is 2. The third-order valence-electron chi connectivity index (χ3n) is 6.49. The summed E-state index contributed by atoms with van der Waals surface area (Å²) in [4.78, 5) is 37.1. The van der Waals surface area contributed by atoms with Crippen molar-refractivity contribution in [1.29, 1.82) is 0 Å². The molecule has 4 rings (SSSR count). The minimum Gasteiger partial charge on any atom is -0.378 e. The molecular formula is C25H32ClN5O3. The van der Waals surface area contributed by atoms with E-state index in [1.54, 1.807) is 36.5 Å². The first-order chi connectivity index (χ1) is 16.5. The van der Waals surface area contributed by atoms with Crippen LogP contribution < -0.4 is 10.2 Å². The topological polar surface area (TPSA) is 78.0 Å². The van der Waals surface area contributed by atoms with Gasteiger partial charge in [0.2, 0.25) is 5.91 Å². The molecule has 1 fully saturated rings. The second kappa shape index (κ2) is 11.3. The molecule has 182 valence electrons. The van der Waals surface area contributed by atoms with E-state index in [0.717, 1.165) is 32.7 Å². The number of rotatable bonds is 8. The SMILES string of the molecule is CCN(CC)CC1COCCN1CCCC(=O)N1c2cc(Cl)ccc2C(=O)Nc2cccnc21. The number of carbonyl (C=O) groups excluding carboxylic acids is 2. The van der Waals surface area contributed by atoms with Gasteiger partial charge in [-0.1, -0.05) is 25.4 Å². The Morgan fingerprint density at radius 2 is 2.12 bits per heavy atom. The molecule has 34 heavy (non-hydrogen) atoms. The van der Waals surface area contributed by atoms with Crippen molar-refractivity contribution in [1.82, 2.24) is 14.8 Å². The molecule has 2 aromatic rings. The summed E-state index contributed by atoms with van der Waals surface area (Å²) in [6, 6.07) is 8.76. The van der Waals surface area contributed by atoms with Crippen molar-refractivity contribution in [3.63, 3.8) is 0 Å². The van der Waals surface area contributed by atoms with E-state index in [-0.39, 0.29) is 11.8 Å². The van der Waals surface area contributed by atoms with E-state index in [2.05, 4.69) is 33.9 Å². The van der Waals surface area contributed by atoms with E-state index in [9.17, 15) is 9.59 Å². The summed E-state index contributed by atoms with van der Waals surface area (Å²) in [6.45, 7) is 10.4. The molecule has 1 aromatic carbocycles. The average molecular weight is 486 g/mol. The summed E-state index contributed by atoms with van der Waals surface area (Å²) in [5.41, 5.74) is 1.35. The third-order valence-corrected chi connectivity index (χ3v) is 6.73. The Hall–Kier alpha value is -2.52. The molecule has 0 saturated carbocycles. The molecule has 2 aliphatic heterocycles. The number of halogens is 1. The van der Waals surface area contributed by atoms with Gasteiger partial charge in [-0.2, -0.15) is 0 Å². The third kappa shape index (κ3) is 5.41. The molecule has 1 atom stereocenters. The standard InChI is InChI=1S/C25H32ClN5O3/c1-3-29(4-2)16-19-17-34-14-13-30(19)12-6-8-23(32)31-22-15-18(26)9-10-20(22)25(33)28-21-7-5-11-27-24(21)31/h5,7,9-11,15,19H,3-4,6,8,12-14,16-17H2,1-2H3,(H,28,33). The minimum absolute atomic E-state index is 0.117. The summed E-state index contributed by atoms with van der Waals surface area (Å²) in [5.74, 6) is 0.00458. The summed E-state index contributed by atoms with van der Waals surface area (Å²) in [7, 11) is 0. The van der Waals surface area contributed by atoms with Crippen LogP contribution >= 0.6 is 11.6 Å². The Labute approximate surface area is 205 Å². The number of aromatic nitrogens is 1. The molecule has 2 amide bonds. The Balaban J connectivity index is 1.50. The fraction of sp³-hybridized carbons (Fsp3) is 0.480. The van der Waals surface area contributed by atoms with Gasteiger partial charge in [0.25, 0.3) is 5.91 Å². The Morgan fingerprint density at radius 1 is 1.29 bits per heavy atom. The summed E-state index contributed by atoms with van der Waals surface area (Å²) in [6.07, 6.45) is 2.64. The van der Waals surface area contributed by atoms with Gasteiger partial charge in [-0.05, 0) is 56.4 Å². The van der Waals surface area contributed by atoms with Crippen molar-refractivity contribution < 1.29 is 14.3 Å². The lowest BCUT2D eigenvalue weighted by atomic mass is 10.1. The number of ether oxygens (including phenoxy) is 1. The van der Waals surface area contributed by atoms with E-state index in [0.29, 0.717) is 59.9 Å². The molecular weight excluding hydrogens is 454 g/mol. The highest BCUT2D eigenvalue weighted by Crippen LogP contribution is 2.38. The van der Waals surface area contributed by atoms with E-state index in [1.807, 2.05) is 0 Å². The van der Waals surface area contributed by atoms with Crippen LogP contribution in [0.1, 0.15) is 37.0 Å². The highest BCUT2D eigenvalue weighted by atomic mass is 35.5. The average Bonchev–Trinajstić information content (AvgIpc) is 2.96. The van der Waals surface area contributed by atoms with E-state index < -0.39 is 0 Å². The number of hydrogen-bond acceptors (Lipinski definition) is 6. The first-order valence-electron chi connectivity index (χ1n) is 11.9. The number of amides is 2. The van der Waals surface area contributed by atoms with Crippen molar-refractivity contribution in [2.75, 3.05) is 56.2 Å². The number of fused-ring (bicyclic) bond motifs is 2. The van der Waals surface area contributed by atoms with Gasteiger partial charge in [0.05, 0.1) is 30.2 Å². The lowest BCUT2D eigenvalue weighted by Crippen LogP contribution is -2.51. The fourth-order valence-electron chi connectivity index (χ4n) is 4.59. The van der Waals surface area contributed by atoms with Crippen LogP contribution in [0.5, 0.6) is 0 Å².